The van der Waals surface area contributed by atoms with Gasteiger partial charge in [0.25, 0.3) is 17.7 Å². The number of benzene rings is 8. The predicted octanol–water partition coefficient (Wildman–Crippen LogP) is 10.2. The predicted molar refractivity (Wildman–Crippen MR) is 424 cm³/mol. The number of hydrogen-bond acceptors (Lipinski definition) is 17. The normalized spacial score (nSPS) is 14.9. The van der Waals surface area contributed by atoms with Crippen LogP contribution in [0.3, 0.4) is 0 Å². The second-order valence-corrected chi connectivity index (χ2v) is 28.4. The van der Waals surface area contributed by atoms with Gasteiger partial charge in [0, 0.05) is 57.2 Å². The lowest BCUT2D eigenvalue weighted by atomic mass is 9.94. The van der Waals surface area contributed by atoms with Crippen molar-refractivity contribution in [2.45, 2.75) is 83.7 Å². The number of aromatic nitrogens is 3. The van der Waals surface area contributed by atoms with Gasteiger partial charge < -0.3 is 43.9 Å². The Bertz CT molecular complexity index is 5450. The average Bonchev–Trinajstić information content (AvgIpc) is 1.68. The van der Waals surface area contributed by atoms with Crippen molar-refractivity contribution in [1.82, 2.24) is 28.7 Å². The molecule has 0 fully saturated rings. The first kappa shape index (κ1) is 75.1. The zero-order valence-corrected chi connectivity index (χ0v) is 62.7. The number of aliphatic hydroxyl groups is 1. The number of fused-ring (bicyclic) bond motifs is 9. The van der Waals surface area contributed by atoms with Crippen molar-refractivity contribution < 1.29 is 53.1 Å². The van der Waals surface area contributed by atoms with Gasteiger partial charge in [0.2, 0.25) is 16.3 Å². The van der Waals surface area contributed by atoms with E-state index in [0.717, 1.165) is 83.0 Å². The van der Waals surface area contributed by atoms with Crippen molar-refractivity contribution in [1.29, 1.82) is 0 Å². The Morgan fingerprint density at radius 3 is 0.938 bits per heavy atom. The van der Waals surface area contributed by atoms with Crippen LogP contribution < -0.4 is 40.8 Å². The number of esters is 2. The van der Waals surface area contributed by atoms with Gasteiger partial charge in [-0.3, -0.25) is 67.4 Å². The maximum atomic E-state index is 14.0. The number of aromatic hydroxyl groups is 1. The molecule has 8 aromatic carbocycles. The van der Waals surface area contributed by atoms with Gasteiger partial charge in [-0.25, -0.2) is 0 Å². The Morgan fingerprint density at radius 2 is 0.628 bits per heavy atom. The second-order valence-electron chi connectivity index (χ2n) is 28.4. The molecule has 17 rings (SSSR count). The summed E-state index contributed by atoms with van der Waals surface area (Å²) in [6.07, 6.45) is 10.3. The van der Waals surface area contributed by atoms with Crippen LogP contribution in [0, 0.1) is 0 Å². The standard InChI is InChI=1S/C33H31N3O5.C31H29N3O4.C26H25N3O5/c1-23(37)40-20-19-34-22-36(30-27-13-7-5-11-25(27)15-16-26-12-6-8-14-28(26)30)35-18-17-29(38)32(31(35)33(34)39)41-21-24-9-3-2-4-10-24;35-19-18-32-21-34(28-25-12-6-4-10-23(25)14-15-24-11-5-7-13-26(24)28)33-17-16-27(36)30(29(33)31(32)37)38-20-22-8-2-1-3-9-22;1-17(30)34-15-14-27-16-29(28-13-12-22(31)25(32)24(28)26(27)33)23-20-8-4-2-6-18(20)10-11-19-7-3-5-9-21(19)23/h2-14,17-18,30H,15-16,19-22H2,1H3;1-13,16-17,28,35H,14-15,18-21H2;2-9,12-13,23,32H,10-11,14-16H2,1H3. The number of carbonyl (C=O) groups excluding carboxylic acids is 5. The van der Waals surface area contributed by atoms with E-state index in [0.29, 0.717) is 0 Å². The highest BCUT2D eigenvalue weighted by Gasteiger charge is 2.43. The van der Waals surface area contributed by atoms with E-state index in [2.05, 4.69) is 107 Å². The summed E-state index contributed by atoms with van der Waals surface area (Å²) in [5.41, 5.74) is 14.9. The Balaban J connectivity index is 0.000000134. The molecule has 0 saturated heterocycles. The Kier molecular flexibility index (Phi) is 22.3. The summed E-state index contributed by atoms with van der Waals surface area (Å²) < 4.78 is 27.5. The van der Waals surface area contributed by atoms with Gasteiger partial charge >= 0.3 is 11.9 Å². The highest BCUT2D eigenvalue weighted by molar-refractivity contribution is 5.98. The van der Waals surface area contributed by atoms with Crippen LogP contribution in [0.25, 0.3) is 0 Å². The Hall–Kier alpha value is -13.3. The average molecular weight is 1520 g/mol. The third kappa shape index (κ3) is 15.5. The molecule has 0 unspecified atom stereocenters. The van der Waals surface area contributed by atoms with Crippen LogP contribution in [0.15, 0.2) is 257 Å². The number of carbonyl (C=O) groups is 5. The van der Waals surface area contributed by atoms with Crippen LogP contribution >= 0.6 is 0 Å². The molecule has 0 saturated carbocycles. The van der Waals surface area contributed by atoms with Gasteiger partial charge in [-0.15, -0.1) is 0 Å². The Morgan fingerprint density at radius 1 is 0.354 bits per heavy atom. The van der Waals surface area contributed by atoms with Gasteiger partial charge in [0.05, 0.1) is 37.8 Å². The molecule has 23 nitrogen and oxygen atoms in total. The minimum atomic E-state index is -0.622. The molecular formula is C90H85N9O14. The number of β-amino-alcohol motifs (C(OH)–C–C–N with tert-alkyl or cyclic N) is 1. The molecule has 0 radical (unpaired) electrons. The summed E-state index contributed by atoms with van der Waals surface area (Å²) in [4.78, 5) is 107. The zero-order chi connectivity index (χ0) is 78.2. The van der Waals surface area contributed by atoms with Gasteiger partial charge in [0.15, 0.2) is 34.3 Å². The highest BCUT2D eigenvalue weighted by atomic mass is 16.5. The van der Waals surface area contributed by atoms with E-state index in [-0.39, 0.29) is 142 Å². The first-order valence-corrected chi connectivity index (χ1v) is 37.9. The number of amides is 3. The quantitative estimate of drug-likeness (QED) is 0.0805. The van der Waals surface area contributed by atoms with Gasteiger partial charge in [-0.1, -0.05) is 206 Å². The van der Waals surface area contributed by atoms with Crippen LogP contribution in [0.2, 0.25) is 0 Å². The number of ether oxygens (including phenoxy) is 4. The molecule has 3 aromatic heterocycles. The fourth-order valence-corrected chi connectivity index (χ4v) is 16.2. The van der Waals surface area contributed by atoms with E-state index in [9.17, 15) is 48.6 Å². The summed E-state index contributed by atoms with van der Waals surface area (Å²) in [5.74, 6) is -2.62. The molecule has 0 atom stereocenters. The van der Waals surface area contributed by atoms with Crippen molar-refractivity contribution in [2.24, 2.45) is 0 Å². The molecule has 0 spiro atoms. The topological polar surface area (TPSA) is 248 Å². The minimum absolute atomic E-state index is 0.00117. The molecule has 11 aromatic rings. The summed E-state index contributed by atoms with van der Waals surface area (Å²) in [6, 6.07) is 72.6. The van der Waals surface area contributed by atoms with E-state index in [4.69, 9.17) is 18.9 Å². The number of aryl methyl sites for hydroxylation is 6. The van der Waals surface area contributed by atoms with Crippen molar-refractivity contribution in [2.75, 3.05) is 74.5 Å². The summed E-state index contributed by atoms with van der Waals surface area (Å²) in [7, 11) is 0. The Labute approximate surface area is 652 Å². The first-order valence-electron chi connectivity index (χ1n) is 37.9. The molecule has 6 aliphatic rings. The number of aliphatic hydroxyl groups excluding tert-OH is 1. The van der Waals surface area contributed by atoms with Crippen molar-refractivity contribution in [3.63, 3.8) is 0 Å². The molecule has 3 amide bonds. The molecular weight excluding hydrogens is 1430 g/mol. The zero-order valence-electron chi connectivity index (χ0n) is 62.7. The van der Waals surface area contributed by atoms with Crippen molar-refractivity contribution in [3.8, 4) is 17.2 Å². The molecule has 0 bridgehead atoms. The van der Waals surface area contributed by atoms with Crippen molar-refractivity contribution >= 4 is 29.7 Å². The molecule has 2 N–H and O–H groups in total. The largest absolute Gasteiger partial charge is 0.502 e. The van der Waals surface area contributed by atoms with Gasteiger partial charge in [0.1, 0.15) is 46.4 Å². The van der Waals surface area contributed by atoms with Crippen molar-refractivity contribution in [3.05, 3.63) is 369 Å². The molecule has 113 heavy (non-hydrogen) atoms. The minimum Gasteiger partial charge on any atom is -0.502 e. The van der Waals surface area contributed by atoms with Crippen LogP contribution in [0.5, 0.6) is 17.2 Å². The number of rotatable bonds is 17. The van der Waals surface area contributed by atoms with Crippen LogP contribution in [0.4, 0.5) is 0 Å². The molecule has 3 aliphatic carbocycles. The van der Waals surface area contributed by atoms with Gasteiger partial charge in [-0.05, 0) is 116 Å². The van der Waals surface area contributed by atoms with Gasteiger partial charge in [-0.2, -0.15) is 0 Å². The molecule has 6 heterocycles. The van der Waals surface area contributed by atoms with E-state index in [1.807, 2.05) is 114 Å². The first-order chi connectivity index (χ1) is 55.1. The van der Waals surface area contributed by atoms with E-state index in [1.165, 1.54) is 76.5 Å². The highest BCUT2D eigenvalue weighted by Crippen LogP contribution is 2.42. The lowest BCUT2D eigenvalue weighted by Gasteiger charge is -2.44. The number of nitrogens with zero attached hydrogens (tertiary/aromatic N) is 9. The van der Waals surface area contributed by atoms with Crippen LogP contribution in [0.1, 0.15) is 141 Å². The van der Waals surface area contributed by atoms with E-state index in [1.54, 1.807) is 36.2 Å². The SMILES string of the molecule is CC(=O)OCCN1CN(C2c3ccccc3CCc3ccccc32)n2ccc(=O)c(O)c2C1=O.CC(=O)OCCN1CN(C2c3ccccc3CCc3ccccc32)n2ccc(=O)c(OCc3ccccc3)c2C1=O.O=C1c2c(OCc3ccccc3)c(=O)ccn2N(C2c3ccccc3CCc3ccccc32)CN1CCO. The van der Waals surface area contributed by atoms with Crippen LogP contribution in [-0.2, 0) is 70.8 Å². The van der Waals surface area contributed by atoms with E-state index < -0.39 is 29.0 Å². The lowest BCUT2D eigenvalue weighted by molar-refractivity contribution is -0.142. The smallest absolute Gasteiger partial charge is 0.302 e. The summed E-state index contributed by atoms with van der Waals surface area (Å²) in [6.45, 7) is 3.94. The third-order valence-corrected chi connectivity index (χ3v) is 21.5. The molecule has 574 valence electrons. The third-order valence-electron chi connectivity index (χ3n) is 21.5. The monoisotopic (exact) mass is 1520 g/mol. The number of hydrogen-bond donors (Lipinski definition) is 2. The maximum absolute atomic E-state index is 14.0. The molecule has 23 heteroatoms. The fraction of sp³-hybridized carbons (Fsp3) is 0.244. The summed E-state index contributed by atoms with van der Waals surface area (Å²) in [5, 5.41) is 26.6. The molecule has 3 aliphatic heterocycles. The van der Waals surface area contributed by atoms with E-state index >= 15 is 0 Å². The van der Waals surface area contributed by atoms with Crippen LogP contribution in [-0.4, -0.2) is 128 Å². The fourth-order valence-electron chi connectivity index (χ4n) is 16.2. The number of pyridine rings is 3. The maximum Gasteiger partial charge on any atom is 0.302 e. The lowest BCUT2D eigenvalue weighted by Crippen LogP contribution is -2.56. The second kappa shape index (κ2) is 33.5. The summed E-state index contributed by atoms with van der Waals surface area (Å²) >= 11 is 0.